The van der Waals surface area contributed by atoms with Crippen molar-refractivity contribution in [2.24, 2.45) is 0 Å². The lowest BCUT2D eigenvalue weighted by Crippen LogP contribution is -2.47. The van der Waals surface area contributed by atoms with Gasteiger partial charge in [0.15, 0.2) is 5.78 Å². The number of hydrogen-bond acceptors (Lipinski definition) is 3. The van der Waals surface area contributed by atoms with E-state index in [-0.39, 0.29) is 11.9 Å². The molecule has 2 unspecified atom stereocenters. The molecule has 1 aliphatic carbocycles. The van der Waals surface area contributed by atoms with Crippen LogP contribution in [0, 0.1) is 0 Å². The van der Waals surface area contributed by atoms with E-state index >= 15 is 0 Å². The number of hydrogen-bond donors (Lipinski definition) is 0. The summed E-state index contributed by atoms with van der Waals surface area (Å²) in [5.41, 5.74) is 2.31. The van der Waals surface area contributed by atoms with Crippen LogP contribution in [-0.4, -0.2) is 30.7 Å². The predicted octanol–water partition coefficient (Wildman–Crippen LogP) is 3.88. The first kappa shape index (κ1) is 15.9. The van der Waals surface area contributed by atoms with Crippen molar-refractivity contribution in [3.8, 4) is 0 Å². The van der Waals surface area contributed by atoms with E-state index in [2.05, 4.69) is 12.7 Å². The summed E-state index contributed by atoms with van der Waals surface area (Å²) in [6, 6.07) is 9.38. The van der Waals surface area contributed by atoms with Crippen LogP contribution in [0.3, 0.4) is 0 Å². The standard InChI is InChI=1S/C20H22O3/c1-15(8-10-18(21)16-6-4-3-5-7-16)17-9-11-19-20(2,14-17)23-13-12-22-19/h3-7,9,11,14,19H,1,8,10,12-13H2,2H3. The predicted molar refractivity (Wildman–Crippen MR) is 90.5 cm³/mol. The quantitative estimate of drug-likeness (QED) is 0.774. The van der Waals surface area contributed by atoms with Crippen molar-refractivity contribution in [2.45, 2.75) is 31.5 Å². The van der Waals surface area contributed by atoms with Gasteiger partial charge in [0, 0.05) is 12.0 Å². The Labute approximate surface area is 137 Å². The van der Waals surface area contributed by atoms with E-state index in [9.17, 15) is 4.79 Å². The van der Waals surface area contributed by atoms with Gasteiger partial charge < -0.3 is 9.47 Å². The van der Waals surface area contributed by atoms with Crippen LogP contribution < -0.4 is 0 Å². The molecule has 0 radical (unpaired) electrons. The third-order valence-electron chi connectivity index (χ3n) is 4.41. The maximum absolute atomic E-state index is 12.2. The highest BCUT2D eigenvalue weighted by Crippen LogP contribution is 2.33. The first-order chi connectivity index (χ1) is 11.1. The molecule has 1 aliphatic heterocycles. The average molecular weight is 310 g/mol. The van der Waals surface area contributed by atoms with Gasteiger partial charge in [0.25, 0.3) is 0 Å². The molecule has 2 atom stereocenters. The lowest BCUT2D eigenvalue weighted by atomic mass is 9.86. The SMILES string of the molecule is C=C(CCC(=O)c1ccccc1)C1=CC2(C)OCCOC2C=C1. The topological polar surface area (TPSA) is 35.5 Å². The van der Waals surface area contributed by atoms with Crippen LogP contribution in [-0.2, 0) is 9.47 Å². The Morgan fingerprint density at radius 1 is 1.26 bits per heavy atom. The number of fused-ring (bicyclic) bond motifs is 1. The van der Waals surface area contributed by atoms with Gasteiger partial charge in [-0.3, -0.25) is 4.79 Å². The molecule has 0 spiro atoms. The number of carbonyl (C=O) groups is 1. The van der Waals surface area contributed by atoms with Crippen LogP contribution in [0.4, 0.5) is 0 Å². The van der Waals surface area contributed by atoms with Gasteiger partial charge in [0.05, 0.1) is 13.2 Å². The molecular weight excluding hydrogens is 288 g/mol. The lowest BCUT2D eigenvalue weighted by Gasteiger charge is -2.40. The summed E-state index contributed by atoms with van der Waals surface area (Å²) in [6.45, 7) is 7.40. The minimum Gasteiger partial charge on any atom is -0.368 e. The minimum absolute atomic E-state index is 0.0428. The summed E-state index contributed by atoms with van der Waals surface area (Å²) in [4.78, 5) is 12.2. The molecule has 1 aromatic rings. The largest absolute Gasteiger partial charge is 0.368 e. The minimum atomic E-state index is -0.436. The van der Waals surface area contributed by atoms with Gasteiger partial charge in [-0.25, -0.2) is 0 Å². The van der Waals surface area contributed by atoms with E-state index in [4.69, 9.17) is 9.47 Å². The number of allylic oxidation sites excluding steroid dienone is 3. The number of benzene rings is 1. The summed E-state index contributed by atoms with van der Waals surface area (Å²) in [5, 5.41) is 0. The van der Waals surface area contributed by atoms with Crippen LogP contribution >= 0.6 is 0 Å². The fourth-order valence-electron chi connectivity index (χ4n) is 3.00. The van der Waals surface area contributed by atoms with Crippen LogP contribution in [0.15, 0.2) is 66.3 Å². The fraction of sp³-hybridized carbons (Fsp3) is 0.350. The highest BCUT2D eigenvalue weighted by molar-refractivity contribution is 5.96. The van der Waals surface area contributed by atoms with E-state index in [1.54, 1.807) is 0 Å². The van der Waals surface area contributed by atoms with Crippen molar-refractivity contribution in [3.05, 3.63) is 71.8 Å². The fourth-order valence-corrected chi connectivity index (χ4v) is 3.00. The Morgan fingerprint density at radius 3 is 2.83 bits per heavy atom. The zero-order chi connectivity index (χ0) is 16.3. The molecule has 0 saturated carbocycles. The van der Waals surface area contributed by atoms with E-state index in [0.717, 1.165) is 16.7 Å². The molecule has 1 saturated heterocycles. The molecule has 1 aromatic carbocycles. The molecule has 1 fully saturated rings. The molecule has 0 amide bonds. The van der Waals surface area contributed by atoms with Crippen molar-refractivity contribution < 1.29 is 14.3 Å². The first-order valence-corrected chi connectivity index (χ1v) is 8.01. The molecule has 1 heterocycles. The number of carbonyl (C=O) groups excluding carboxylic acids is 1. The molecule has 0 N–H and O–H groups in total. The Kier molecular flexibility index (Phi) is 4.60. The third kappa shape index (κ3) is 3.52. The van der Waals surface area contributed by atoms with Crippen molar-refractivity contribution >= 4 is 5.78 Å². The highest BCUT2D eigenvalue weighted by Gasteiger charge is 2.37. The highest BCUT2D eigenvalue weighted by atomic mass is 16.6. The van der Waals surface area contributed by atoms with Crippen LogP contribution in [0.5, 0.6) is 0 Å². The first-order valence-electron chi connectivity index (χ1n) is 8.01. The Bertz CT molecular complexity index is 657. The van der Waals surface area contributed by atoms with Gasteiger partial charge in [-0.1, -0.05) is 49.1 Å². The summed E-state index contributed by atoms with van der Waals surface area (Å²) < 4.78 is 11.6. The zero-order valence-electron chi connectivity index (χ0n) is 13.5. The molecule has 0 aromatic heterocycles. The van der Waals surface area contributed by atoms with Crippen molar-refractivity contribution in [2.75, 3.05) is 13.2 Å². The molecule has 3 heteroatoms. The summed E-state index contributed by atoms with van der Waals surface area (Å²) in [5.74, 6) is 0.147. The van der Waals surface area contributed by atoms with E-state index < -0.39 is 5.60 Å². The third-order valence-corrected chi connectivity index (χ3v) is 4.41. The van der Waals surface area contributed by atoms with E-state index in [1.807, 2.05) is 49.4 Å². The Hall–Kier alpha value is -1.97. The van der Waals surface area contributed by atoms with Crippen LogP contribution in [0.2, 0.25) is 0 Å². The van der Waals surface area contributed by atoms with Crippen LogP contribution in [0.1, 0.15) is 30.1 Å². The van der Waals surface area contributed by atoms with Crippen molar-refractivity contribution in [1.82, 2.24) is 0 Å². The molecule has 23 heavy (non-hydrogen) atoms. The van der Waals surface area contributed by atoms with Gasteiger partial charge in [-0.05, 0) is 30.6 Å². The maximum Gasteiger partial charge on any atom is 0.163 e. The summed E-state index contributed by atoms with van der Waals surface area (Å²) in [7, 11) is 0. The van der Waals surface area contributed by atoms with Gasteiger partial charge >= 0.3 is 0 Å². The zero-order valence-corrected chi connectivity index (χ0v) is 13.5. The lowest BCUT2D eigenvalue weighted by molar-refractivity contribution is -0.155. The van der Waals surface area contributed by atoms with Crippen molar-refractivity contribution in [3.63, 3.8) is 0 Å². The second-order valence-electron chi connectivity index (χ2n) is 6.18. The summed E-state index contributed by atoms with van der Waals surface area (Å²) in [6.07, 6.45) is 7.19. The Morgan fingerprint density at radius 2 is 2.04 bits per heavy atom. The van der Waals surface area contributed by atoms with Crippen LogP contribution in [0.25, 0.3) is 0 Å². The molecular formula is C20H22O3. The van der Waals surface area contributed by atoms with Crippen molar-refractivity contribution in [1.29, 1.82) is 0 Å². The number of Topliss-reactive ketones (excluding diaryl/α,β-unsaturated/α-hetero) is 1. The van der Waals surface area contributed by atoms with E-state index in [0.29, 0.717) is 26.1 Å². The molecule has 3 rings (SSSR count). The van der Waals surface area contributed by atoms with Gasteiger partial charge in [-0.15, -0.1) is 0 Å². The normalized spacial score (nSPS) is 26.3. The average Bonchev–Trinajstić information content (AvgIpc) is 2.59. The smallest absolute Gasteiger partial charge is 0.163 e. The monoisotopic (exact) mass is 310 g/mol. The van der Waals surface area contributed by atoms with Gasteiger partial charge in [0.2, 0.25) is 0 Å². The Balaban J connectivity index is 1.63. The number of ketones is 1. The van der Waals surface area contributed by atoms with Gasteiger partial charge in [-0.2, -0.15) is 0 Å². The van der Waals surface area contributed by atoms with E-state index in [1.165, 1.54) is 0 Å². The van der Waals surface area contributed by atoms with Gasteiger partial charge in [0.1, 0.15) is 11.7 Å². The molecule has 2 aliphatic rings. The maximum atomic E-state index is 12.2. The molecule has 120 valence electrons. The summed E-state index contributed by atoms with van der Waals surface area (Å²) >= 11 is 0. The second-order valence-corrected chi connectivity index (χ2v) is 6.18. The number of rotatable bonds is 5. The molecule has 3 nitrogen and oxygen atoms in total. The molecule has 0 bridgehead atoms. The second kappa shape index (κ2) is 6.65. The number of ether oxygens (including phenoxy) is 2.